The van der Waals surface area contributed by atoms with Crippen molar-refractivity contribution in [3.8, 4) is 0 Å². The summed E-state index contributed by atoms with van der Waals surface area (Å²) in [5, 5.41) is 0.554. The van der Waals surface area contributed by atoms with Crippen molar-refractivity contribution in [2.45, 2.75) is 71.0 Å². The zero-order chi connectivity index (χ0) is 23.6. The molecule has 0 saturated heterocycles. The first-order chi connectivity index (χ1) is 14.3. The van der Waals surface area contributed by atoms with Crippen LogP contribution in [0.2, 0.25) is 0 Å². The summed E-state index contributed by atoms with van der Waals surface area (Å²) in [6.07, 6.45) is 1.60. The molecule has 0 aliphatic rings. The second kappa shape index (κ2) is 9.79. The van der Waals surface area contributed by atoms with Gasteiger partial charge in [0.25, 0.3) is 0 Å². The van der Waals surface area contributed by atoms with E-state index in [9.17, 15) is 8.77 Å². The molecule has 6 nitrogen and oxygen atoms in total. The molecule has 0 amide bonds. The Kier molecular flexibility index (Phi) is 8.26. The van der Waals surface area contributed by atoms with Gasteiger partial charge in [-0.3, -0.25) is 4.57 Å². The van der Waals surface area contributed by atoms with E-state index in [0.717, 1.165) is 5.52 Å². The molecule has 0 spiro atoms. The van der Waals surface area contributed by atoms with Crippen molar-refractivity contribution in [1.29, 1.82) is 0 Å². The number of fused-ring (bicyclic) bond motifs is 1. The van der Waals surface area contributed by atoms with Crippen LogP contribution in [-0.2, 0) is 24.6 Å². The standard InChI is InChI=1S/C21H33F2N2O4PS/c1-8-28-30(26,29-9-2)21(22,23)19(24-31(27)20(5,6)7)17-14-25(15(3)4)18-13-11-10-12-16(17)18/h10-15,19,24H,8-9H2,1-7H3. The normalized spacial score (nSPS) is 15.5. The fourth-order valence-electron chi connectivity index (χ4n) is 3.20. The molecule has 0 aliphatic heterocycles. The summed E-state index contributed by atoms with van der Waals surface area (Å²) in [5.74, 6) is 0. The molecule has 2 rings (SSSR count). The summed E-state index contributed by atoms with van der Waals surface area (Å²) in [6.45, 7) is 11.4. The van der Waals surface area contributed by atoms with Gasteiger partial charge in [-0.1, -0.05) is 18.2 Å². The lowest BCUT2D eigenvalue weighted by Gasteiger charge is -2.33. The maximum atomic E-state index is 16.0. The number of alkyl halides is 2. The Labute approximate surface area is 185 Å². The van der Waals surface area contributed by atoms with Gasteiger partial charge in [-0.05, 0) is 54.5 Å². The molecule has 2 aromatic rings. The van der Waals surface area contributed by atoms with E-state index in [1.165, 1.54) is 13.8 Å². The molecule has 0 saturated carbocycles. The van der Waals surface area contributed by atoms with Crippen LogP contribution < -0.4 is 4.72 Å². The summed E-state index contributed by atoms with van der Waals surface area (Å²) in [6, 6.07) is 5.26. The Morgan fingerprint density at radius 1 is 1.13 bits per heavy atom. The smallest absolute Gasteiger partial charge is 0.345 e. The van der Waals surface area contributed by atoms with Crippen LogP contribution in [0.4, 0.5) is 8.78 Å². The Morgan fingerprint density at radius 3 is 2.16 bits per heavy atom. The van der Waals surface area contributed by atoms with Gasteiger partial charge in [0.2, 0.25) is 0 Å². The summed E-state index contributed by atoms with van der Waals surface area (Å²) >= 11 is 0. The maximum absolute atomic E-state index is 16.0. The Morgan fingerprint density at radius 2 is 1.68 bits per heavy atom. The first-order valence-corrected chi connectivity index (χ1v) is 13.0. The zero-order valence-corrected chi connectivity index (χ0v) is 20.9. The lowest BCUT2D eigenvalue weighted by atomic mass is 10.1. The molecular weight excluding hydrogens is 445 g/mol. The van der Waals surface area contributed by atoms with Crippen molar-refractivity contribution in [2.24, 2.45) is 0 Å². The Hall–Kier alpha value is -1.12. The van der Waals surface area contributed by atoms with Crippen molar-refractivity contribution in [3.05, 3.63) is 36.0 Å². The number of hydrogen-bond donors (Lipinski definition) is 1. The van der Waals surface area contributed by atoms with Crippen molar-refractivity contribution >= 4 is 29.5 Å². The minimum Gasteiger partial charge on any atom is -0.345 e. The number of benzene rings is 1. The topological polar surface area (TPSA) is 69.6 Å². The first kappa shape index (κ1) is 26.1. The molecule has 1 heterocycles. The van der Waals surface area contributed by atoms with Crippen molar-refractivity contribution in [1.82, 2.24) is 9.29 Å². The molecule has 0 aliphatic carbocycles. The fourth-order valence-corrected chi connectivity index (χ4v) is 5.75. The molecule has 1 N–H and O–H groups in total. The van der Waals surface area contributed by atoms with Crippen molar-refractivity contribution in [3.63, 3.8) is 0 Å². The third-order valence-electron chi connectivity index (χ3n) is 4.73. The third kappa shape index (κ3) is 5.28. The van der Waals surface area contributed by atoms with Gasteiger partial charge < -0.3 is 13.6 Å². The van der Waals surface area contributed by atoms with Crippen LogP contribution in [0.5, 0.6) is 0 Å². The Balaban J connectivity index is 2.77. The molecule has 1 aromatic heterocycles. The van der Waals surface area contributed by atoms with E-state index in [2.05, 4.69) is 4.72 Å². The second-order valence-corrected chi connectivity index (χ2v) is 12.6. The molecular formula is C21H33F2N2O4PS. The van der Waals surface area contributed by atoms with Gasteiger partial charge in [-0.25, -0.2) is 8.93 Å². The highest BCUT2D eigenvalue weighted by Gasteiger charge is 2.60. The monoisotopic (exact) mass is 478 g/mol. The fraction of sp³-hybridized carbons (Fsp3) is 0.619. The molecule has 1 aromatic carbocycles. The van der Waals surface area contributed by atoms with Gasteiger partial charge in [0.1, 0.15) is 6.04 Å². The highest BCUT2D eigenvalue weighted by Crippen LogP contribution is 2.66. The average Bonchev–Trinajstić information content (AvgIpc) is 3.05. The van der Waals surface area contributed by atoms with Crippen LogP contribution in [0.15, 0.2) is 30.5 Å². The number of rotatable bonds is 10. The minimum absolute atomic E-state index is 0.00776. The van der Waals surface area contributed by atoms with Crippen LogP contribution in [0.25, 0.3) is 10.9 Å². The lowest BCUT2D eigenvalue weighted by molar-refractivity contribution is 0.0119. The minimum atomic E-state index is -4.88. The van der Waals surface area contributed by atoms with Gasteiger partial charge in [-0.15, -0.1) is 0 Å². The largest absolute Gasteiger partial charge is 0.401 e. The second-order valence-electron chi connectivity index (χ2n) is 8.46. The molecule has 0 fully saturated rings. The van der Waals surface area contributed by atoms with Gasteiger partial charge in [0.05, 0.1) is 28.9 Å². The van der Waals surface area contributed by atoms with E-state index in [1.807, 2.05) is 30.5 Å². The quantitative estimate of drug-likeness (QED) is 0.415. The molecule has 0 radical (unpaired) electrons. The molecule has 2 unspecified atom stereocenters. The summed E-state index contributed by atoms with van der Waals surface area (Å²) in [5.41, 5.74) is -3.04. The van der Waals surface area contributed by atoms with Gasteiger partial charge in [0, 0.05) is 28.7 Å². The molecule has 2 atom stereocenters. The maximum Gasteiger partial charge on any atom is 0.401 e. The zero-order valence-electron chi connectivity index (χ0n) is 19.1. The van der Waals surface area contributed by atoms with Gasteiger partial charge >= 0.3 is 13.3 Å². The van der Waals surface area contributed by atoms with Gasteiger partial charge in [-0.2, -0.15) is 8.78 Å². The van der Waals surface area contributed by atoms with E-state index >= 15 is 8.78 Å². The first-order valence-electron chi connectivity index (χ1n) is 10.3. The molecule has 176 valence electrons. The lowest BCUT2D eigenvalue weighted by Crippen LogP contribution is -2.43. The summed E-state index contributed by atoms with van der Waals surface area (Å²) in [7, 11) is -6.76. The molecule has 10 heteroatoms. The van der Waals surface area contributed by atoms with Crippen LogP contribution >= 0.6 is 7.60 Å². The third-order valence-corrected chi connectivity index (χ3v) is 8.48. The van der Waals surface area contributed by atoms with Crippen molar-refractivity contribution < 1.29 is 26.6 Å². The number of aromatic nitrogens is 1. The predicted molar refractivity (Wildman–Crippen MR) is 122 cm³/mol. The van der Waals surface area contributed by atoms with Gasteiger partial charge in [0.15, 0.2) is 0 Å². The van der Waals surface area contributed by atoms with E-state index in [0.29, 0.717) is 5.39 Å². The highest BCUT2D eigenvalue weighted by atomic mass is 32.2. The number of hydrogen-bond acceptors (Lipinski definition) is 4. The number of para-hydroxylation sites is 1. The highest BCUT2D eigenvalue weighted by molar-refractivity contribution is 7.84. The van der Waals surface area contributed by atoms with E-state index in [4.69, 9.17) is 9.05 Å². The van der Waals surface area contributed by atoms with Crippen LogP contribution in [0.3, 0.4) is 0 Å². The number of halogens is 2. The van der Waals surface area contributed by atoms with Crippen LogP contribution in [0.1, 0.15) is 66.1 Å². The van der Waals surface area contributed by atoms with Crippen LogP contribution in [0, 0.1) is 0 Å². The average molecular weight is 479 g/mol. The molecule has 0 bridgehead atoms. The summed E-state index contributed by atoms with van der Waals surface area (Å²) in [4.78, 5) is 0. The Bertz CT molecular complexity index is 962. The van der Waals surface area contributed by atoms with E-state index in [-0.39, 0.29) is 24.8 Å². The summed E-state index contributed by atoms with van der Waals surface area (Å²) < 4.78 is 71.7. The number of nitrogens with zero attached hydrogens (tertiary/aromatic N) is 1. The predicted octanol–water partition coefficient (Wildman–Crippen LogP) is 6.17. The van der Waals surface area contributed by atoms with Crippen LogP contribution in [-0.4, -0.2) is 32.4 Å². The molecule has 31 heavy (non-hydrogen) atoms. The SMILES string of the molecule is CCOP(=O)(OCC)C(F)(F)C(NS(=O)C(C)(C)C)c1cn(C(C)C)c2ccccc12. The van der Waals surface area contributed by atoms with Crippen molar-refractivity contribution in [2.75, 3.05) is 13.2 Å². The van der Waals surface area contributed by atoms with E-state index < -0.39 is 35.0 Å². The number of nitrogens with one attached hydrogen (secondary N) is 1. The van der Waals surface area contributed by atoms with E-state index in [1.54, 1.807) is 39.1 Å².